The van der Waals surface area contributed by atoms with Crippen LogP contribution in [0.3, 0.4) is 0 Å². The zero-order valence-electron chi connectivity index (χ0n) is 22.4. The van der Waals surface area contributed by atoms with Crippen molar-refractivity contribution in [3.05, 3.63) is 100 Å². The highest BCUT2D eigenvalue weighted by Gasteiger charge is 2.32. The monoisotopic (exact) mass is 549 g/mol. The van der Waals surface area contributed by atoms with Crippen molar-refractivity contribution in [2.45, 2.75) is 62.8 Å². The molecule has 2 heterocycles. The van der Waals surface area contributed by atoms with Crippen LogP contribution in [0.25, 0.3) is 11.1 Å². The third-order valence-electron chi connectivity index (χ3n) is 6.85. The summed E-state index contributed by atoms with van der Waals surface area (Å²) in [5, 5.41) is 11.5. The molecule has 0 bridgehead atoms. The molecule has 39 heavy (non-hydrogen) atoms. The van der Waals surface area contributed by atoms with Gasteiger partial charge in [-0.25, -0.2) is 13.4 Å². The summed E-state index contributed by atoms with van der Waals surface area (Å²) in [6.45, 7) is 7.60. The quantitative estimate of drug-likeness (QED) is 0.262. The van der Waals surface area contributed by atoms with E-state index < -0.39 is 38.2 Å². The molecule has 1 N–H and O–H groups in total. The lowest BCUT2D eigenvalue weighted by Gasteiger charge is -2.25. The van der Waals surface area contributed by atoms with E-state index >= 15 is 0 Å². The van der Waals surface area contributed by atoms with Crippen LogP contribution in [-0.4, -0.2) is 28.1 Å². The Hall–Kier alpha value is -3.85. The lowest BCUT2D eigenvalue weighted by Crippen LogP contribution is -2.27. The third-order valence-corrected chi connectivity index (χ3v) is 8.64. The molecule has 4 aromatic rings. The summed E-state index contributed by atoms with van der Waals surface area (Å²) in [7, 11) is -4.44. The summed E-state index contributed by atoms with van der Waals surface area (Å²) in [6.07, 6.45) is 2.99. The molecule has 0 aliphatic carbocycles. The van der Waals surface area contributed by atoms with Crippen LogP contribution in [-0.2, 0) is 16.3 Å². The summed E-state index contributed by atoms with van der Waals surface area (Å²) in [5.41, 5.74) is 1.36. The van der Waals surface area contributed by atoms with Gasteiger partial charge in [-0.1, -0.05) is 63.2 Å². The number of aromatic hydroxyl groups is 1. The zero-order chi connectivity index (χ0) is 28.3. The van der Waals surface area contributed by atoms with Gasteiger partial charge in [-0.05, 0) is 60.6 Å². The molecule has 1 unspecified atom stereocenters. The average Bonchev–Trinajstić information content (AvgIpc) is 2.91. The van der Waals surface area contributed by atoms with Gasteiger partial charge in [0.15, 0.2) is 4.90 Å². The summed E-state index contributed by atoms with van der Waals surface area (Å²) in [5.74, 6) is -0.581. The molecule has 0 saturated heterocycles. The van der Waals surface area contributed by atoms with E-state index in [4.69, 9.17) is 0 Å². The van der Waals surface area contributed by atoms with Gasteiger partial charge in [-0.2, -0.15) is 9.37 Å². The van der Waals surface area contributed by atoms with E-state index in [1.54, 1.807) is 13.0 Å². The minimum absolute atomic E-state index is 0.179. The summed E-state index contributed by atoms with van der Waals surface area (Å²) in [4.78, 5) is 20.1. The minimum Gasteiger partial charge on any atom is -0.493 e. The van der Waals surface area contributed by atoms with Gasteiger partial charge in [0.1, 0.15) is 5.82 Å². The van der Waals surface area contributed by atoms with Gasteiger partial charge < -0.3 is 5.11 Å². The summed E-state index contributed by atoms with van der Waals surface area (Å²) >= 11 is 0. The fourth-order valence-electron chi connectivity index (χ4n) is 4.70. The van der Waals surface area contributed by atoms with E-state index in [9.17, 15) is 22.7 Å². The zero-order valence-corrected chi connectivity index (χ0v) is 23.2. The molecule has 0 radical (unpaired) electrons. The number of aromatic nitrogens is 3. The SMILES string of the molecule is CCC(c1ccccc1)n1c(CCC(C)C)nc(=O)c(S(=O)(=O)c2ccc(-c3ccnc(F)c3C)cc2)c1O. The maximum absolute atomic E-state index is 14.0. The third kappa shape index (κ3) is 5.63. The number of pyridine rings is 1. The van der Waals surface area contributed by atoms with Crippen molar-refractivity contribution in [3.63, 3.8) is 0 Å². The van der Waals surface area contributed by atoms with Crippen molar-refractivity contribution in [2.75, 3.05) is 0 Å². The lowest BCUT2D eigenvalue weighted by molar-refractivity contribution is 0.356. The molecular weight excluding hydrogens is 517 g/mol. The molecule has 204 valence electrons. The second-order valence-corrected chi connectivity index (χ2v) is 11.8. The highest BCUT2D eigenvalue weighted by Crippen LogP contribution is 2.34. The maximum atomic E-state index is 14.0. The smallest absolute Gasteiger partial charge is 0.296 e. The molecule has 7 nitrogen and oxygen atoms in total. The van der Waals surface area contributed by atoms with Crippen LogP contribution in [0.15, 0.2) is 81.4 Å². The molecule has 0 amide bonds. The highest BCUT2D eigenvalue weighted by molar-refractivity contribution is 7.91. The van der Waals surface area contributed by atoms with Crippen LogP contribution in [0.1, 0.15) is 56.6 Å². The van der Waals surface area contributed by atoms with E-state index in [0.29, 0.717) is 47.7 Å². The first kappa shape index (κ1) is 28.2. The standard InChI is InChI=1S/C30H32FN3O4S/c1-5-25(22-9-7-6-8-10-22)34-26(16-11-19(2)3)33-29(35)27(30(34)36)39(37,38)23-14-12-21(13-15-23)24-17-18-32-28(31)20(24)4/h6-10,12-15,17-19,25,36H,5,11,16H2,1-4H3. The van der Waals surface area contributed by atoms with Crippen molar-refractivity contribution in [3.8, 4) is 17.0 Å². The number of aryl methyl sites for hydroxylation is 1. The Labute approximate surface area is 228 Å². The first-order chi connectivity index (χ1) is 18.6. The molecular formula is C30H32FN3O4S. The number of halogens is 1. The van der Waals surface area contributed by atoms with Crippen molar-refractivity contribution < 1.29 is 17.9 Å². The van der Waals surface area contributed by atoms with E-state index in [0.717, 1.165) is 5.56 Å². The van der Waals surface area contributed by atoms with Gasteiger partial charge in [0, 0.05) is 18.2 Å². The normalized spacial score (nSPS) is 12.6. The molecule has 0 aliphatic heterocycles. The van der Waals surface area contributed by atoms with E-state index in [-0.39, 0.29) is 4.90 Å². The molecule has 0 saturated carbocycles. The van der Waals surface area contributed by atoms with Gasteiger partial charge >= 0.3 is 0 Å². The van der Waals surface area contributed by atoms with Crippen molar-refractivity contribution in [1.29, 1.82) is 0 Å². The van der Waals surface area contributed by atoms with E-state index in [2.05, 4.69) is 9.97 Å². The van der Waals surface area contributed by atoms with E-state index in [1.165, 1.54) is 35.0 Å². The Morgan fingerprint density at radius 1 is 1.03 bits per heavy atom. The van der Waals surface area contributed by atoms with Crippen LogP contribution < -0.4 is 5.56 Å². The Morgan fingerprint density at radius 2 is 1.69 bits per heavy atom. The molecule has 0 aliphatic rings. The predicted octanol–water partition coefficient (Wildman–Crippen LogP) is 5.88. The van der Waals surface area contributed by atoms with Crippen LogP contribution >= 0.6 is 0 Å². The first-order valence-corrected chi connectivity index (χ1v) is 14.4. The molecule has 2 aromatic carbocycles. The minimum atomic E-state index is -4.44. The number of sulfone groups is 1. The second-order valence-electron chi connectivity index (χ2n) is 9.93. The van der Waals surface area contributed by atoms with Crippen LogP contribution in [0.2, 0.25) is 0 Å². The second kappa shape index (κ2) is 11.5. The average molecular weight is 550 g/mol. The number of rotatable bonds is 9. The summed E-state index contributed by atoms with van der Waals surface area (Å²) < 4.78 is 42.9. The highest BCUT2D eigenvalue weighted by atomic mass is 32.2. The van der Waals surface area contributed by atoms with Crippen molar-refractivity contribution in [1.82, 2.24) is 14.5 Å². The predicted molar refractivity (Wildman–Crippen MR) is 148 cm³/mol. The first-order valence-electron chi connectivity index (χ1n) is 12.9. The van der Waals surface area contributed by atoms with Gasteiger partial charge in [0.25, 0.3) is 5.56 Å². The number of hydrogen-bond donors (Lipinski definition) is 1. The van der Waals surface area contributed by atoms with Crippen LogP contribution in [0.4, 0.5) is 4.39 Å². The van der Waals surface area contributed by atoms with Gasteiger partial charge in [-0.3, -0.25) is 9.36 Å². The topological polar surface area (TPSA) is 102 Å². The number of benzene rings is 2. The molecule has 1 atom stereocenters. The largest absolute Gasteiger partial charge is 0.493 e. The molecule has 0 fully saturated rings. The van der Waals surface area contributed by atoms with Gasteiger partial charge in [0.05, 0.1) is 10.9 Å². The lowest BCUT2D eigenvalue weighted by atomic mass is 10.0. The van der Waals surface area contributed by atoms with E-state index in [1.807, 2.05) is 51.1 Å². The molecule has 2 aromatic heterocycles. The Balaban J connectivity index is 1.86. The Kier molecular flexibility index (Phi) is 8.30. The van der Waals surface area contributed by atoms with Crippen LogP contribution in [0, 0.1) is 18.8 Å². The fourth-order valence-corrected chi connectivity index (χ4v) is 6.05. The number of nitrogens with zero attached hydrogens (tertiary/aromatic N) is 3. The van der Waals surface area contributed by atoms with Crippen molar-refractivity contribution in [2.24, 2.45) is 5.92 Å². The number of hydrogen-bond acceptors (Lipinski definition) is 6. The van der Waals surface area contributed by atoms with Crippen molar-refractivity contribution >= 4 is 9.84 Å². The molecule has 4 rings (SSSR count). The van der Waals surface area contributed by atoms with Gasteiger partial charge in [0.2, 0.25) is 21.7 Å². The maximum Gasteiger partial charge on any atom is 0.296 e. The Bertz CT molecular complexity index is 1630. The Morgan fingerprint density at radius 3 is 2.31 bits per heavy atom. The molecule has 0 spiro atoms. The van der Waals surface area contributed by atoms with Gasteiger partial charge in [-0.15, -0.1) is 0 Å². The van der Waals surface area contributed by atoms with Crippen LogP contribution in [0.5, 0.6) is 5.88 Å². The fraction of sp³-hybridized carbons (Fsp3) is 0.300. The summed E-state index contributed by atoms with van der Waals surface area (Å²) in [6, 6.07) is 16.4. The molecule has 9 heteroatoms.